The molecular weight excluding hydrogens is 442 g/mol. The largest absolute Gasteiger partial charge is 0.493 e. The predicted molar refractivity (Wildman–Crippen MR) is 135 cm³/mol. The molecule has 0 radical (unpaired) electrons. The van der Waals surface area contributed by atoms with Crippen LogP contribution in [0, 0.1) is 0 Å². The van der Waals surface area contributed by atoms with E-state index in [0.717, 1.165) is 62.3 Å². The Morgan fingerprint density at radius 2 is 1.91 bits per heavy atom. The smallest absolute Gasteiger partial charge is 0.255 e. The second-order valence-electron chi connectivity index (χ2n) is 9.05. The molecule has 0 bridgehead atoms. The van der Waals surface area contributed by atoms with Gasteiger partial charge in [0.15, 0.2) is 11.5 Å². The number of carbonyl (C=O) groups excluding carboxylic acids is 1. The summed E-state index contributed by atoms with van der Waals surface area (Å²) in [6.07, 6.45) is 7.35. The highest BCUT2D eigenvalue weighted by atomic mass is 16.5. The fourth-order valence-corrected chi connectivity index (χ4v) is 5.24. The summed E-state index contributed by atoms with van der Waals surface area (Å²) in [5, 5.41) is 3.42. The third-order valence-corrected chi connectivity index (χ3v) is 7.05. The number of ether oxygens (including phenoxy) is 2. The van der Waals surface area contributed by atoms with Crippen molar-refractivity contribution in [2.75, 3.05) is 45.3 Å². The lowest BCUT2D eigenvalue weighted by Crippen LogP contribution is -2.43. The van der Waals surface area contributed by atoms with Crippen LogP contribution in [-0.4, -0.2) is 60.8 Å². The molecule has 1 aromatic heterocycles. The van der Waals surface area contributed by atoms with Crippen molar-refractivity contribution in [3.8, 4) is 11.5 Å². The van der Waals surface area contributed by atoms with Gasteiger partial charge >= 0.3 is 0 Å². The van der Waals surface area contributed by atoms with Gasteiger partial charge in [0.1, 0.15) is 0 Å². The molecule has 2 aliphatic rings. The minimum Gasteiger partial charge on any atom is -0.493 e. The standard InChI is InChI=1S/C27H33N5O3/c1-34-25-9-8-20(17-26(25)35-2)23(7-4-13-30-14-10-29-19-30)32-18-22-21(27(32)33)5-3-6-24(22)31-15-11-28-12-16-31/h3,5-6,8-10,14,17,19,23,28H,4,7,11-13,15-16,18H2,1-2H3. The molecule has 0 saturated carbocycles. The summed E-state index contributed by atoms with van der Waals surface area (Å²) < 4.78 is 13.1. The van der Waals surface area contributed by atoms with Crippen LogP contribution in [0.1, 0.15) is 40.4 Å². The number of hydrogen-bond donors (Lipinski definition) is 1. The number of rotatable bonds is 9. The Bertz CT molecular complexity index is 1160. The lowest BCUT2D eigenvalue weighted by molar-refractivity contribution is 0.0688. The van der Waals surface area contributed by atoms with Gasteiger partial charge < -0.3 is 29.2 Å². The Labute approximate surface area is 206 Å². The predicted octanol–water partition coefficient (Wildman–Crippen LogP) is 3.49. The van der Waals surface area contributed by atoms with E-state index in [1.54, 1.807) is 20.4 Å². The Morgan fingerprint density at radius 3 is 2.66 bits per heavy atom. The molecular formula is C27H33N5O3. The number of hydrogen-bond acceptors (Lipinski definition) is 6. The SMILES string of the molecule is COc1ccc(C(CCCn2ccnc2)N2Cc3c(cccc3N3CCNCC3)C2=O)cc1OC. The second kappa shape index (κ2) is 10.4. The van der Waals surface area contributed by atoms with Crippen molar-refractivity contribution < 1.29 is 14.3 Å². The lowest BCUT2D eigenvalue weighted by atomic mass is 9.99. The molecule has 2 aromatic carbocycles. The molecule has 1 unspecified atom stereocenters. The number of nitrogens with one attached hydrogen (secondary N) is 1. The first kappa shape index (κ1) is 23.2. The van der Waals surface area contributed by atoms with Gasteiger partial charge in [0.2, 0.25) is 0 Å². The van der Waals surface area contributed by atoms with Crippen LogP contribution in [0.3, 0.4) is 0 Å². The summed E-state index contributed by atoms with van der Waals surface area (Å²) in [7, 11) is 3.28. The maximum Gasteiger partial charge on any atom is 0.255 e. The van der Waals surface area contributed by atoms with Crippen molar-refractivity contribution in [2.45, 2.75) is 32.0 Å². The van der Waals surface area contributed by atoms with Gasteiger partial charge in [0, 0.05) is 68.5 Å². The molecule has 184 valence electrons. The van der Waals surface area contributed by atoms with Crippen LogP contribution < -0.4 is 19.7 Å². The van der Waals surface area contributed by atoms with Gasteiger partial charge in [0.25, 0.3) is 5.91 Å². The van der Waals surface area contributed by atoms with E-state index in [0.29, 0.717) is 18.0 Å². The summed E-state index contributed by atoms with van der Waals surface area (Å²) in [5.41, 5.74) is 4.20. The van der Waals surface area contributed by atoms with Crippen LogP contribution in [0.2, 0.25) is 0 Å². The molecule has 0 spiro atoms. The molecule has 1 saturated heterocycles. The molecule has 3 aromatic rings. The average Bonchev–Trinajstić information content (AvgIpc) is 3.55. The van der Waals surface area contributed by atoms with E-state index < -0.39 is 0 Å². The Balaban J connectivity index is 1.45. The number of benzene rings is 2. The van der Waals surface area contributed by atoms with Gasteiger partial charge in [-0.15, -0.1) is 0 Å². The third-order valence-electron chi connectivity index (χ3n) is 7.05. The molecule has 3 heterocycles. The van der Waals surface area contributed by atoms with Crippen LogP contribution >= 0.6 is 0 Å². The molecule has 1 amide bonds. The van der Waals surface area contributed by atoms with Crippen molar-refractivity contribution in [1.82, 2.24) is 19.8 Å². The number of aromatic nitrogens is 2. The zero-order valence-electron chi connectivity index (χ0n) is 20.4. The lowest BCUT2D eigenvalue weighted by Gasteiger charge is -2.32. The molecule has 35 heavy (non-hydrogen) atoms. The molecule has 1 N–H and O–H groups in total. The summed E-state index contributed by atoms with van der Waals surface area (Å²) in [6, 6.07) is 12.1. The van der Waals surface area contributed by atoms with Gasteiger partial charge in [-0.2, -0.15) is 0 Å². The fraction of sp³-hybridized carbons (Fsp3) is 0.407. The number of piperazine rings is 1. The quantitative estimate of drug-likeness (QED) is 0.511. The molecule has 8 heteroatoms. The summed E-state index contributed by atoms with van der Waals surface area (Å²) in [4.78, 5) is 22.3. The monoisotopic (exact) mass is 475 g/mol. The van der Waals surface area contributed by atoms with Crippen molar-refractivity contribution in [3.05, 3.63) is 71.8 Å². The van der Waals surface area contributed by atoms with Gasteiger partial charge in [-0.1, -0.05) is 12.1 Å². The number of anilines is 1. The summed E-state index contributed by atoms with van der Waals surface area (Å²) in [6.45, 7) is 5.29. The Kier molecular flexibility index (Phi) is 6.90. The zero-order chi connectivity index (χ0) is 24.2. The van der Waals surface area contributed by atoms with Gasteiger partial charge in [-0.25, -0.2) is 4.98 Å². The van der Waals surface area contributed by atoms with Gasteiger partial charge in [0.05, 0.1) is 26.6 Å². The fourth-order valence-electron chi connectivity index (χ4n) is 5.24. The van der Waals surface area contributed by atoms with Crippen LogP contribution in [0.5, 0.6) is 11.5 Å². The number of imidazole rings is 1. The van der Waals surface area contributed by atoms with Crippen LogP contribution in [-0.2, 0) is 13.1 Å². The van der Waals surface area contributed by atoms with E-state index in [-0.39, 0.29) is 11.9 Å². The summed E-state index contributed by atoms with van der Waals surface area (Å²) in [5.74, 6) is 1.46. The number of fused-ring (bicyclic) bond motifs is 1. The first-order chi connectivity index (χ1) is 17.2. The third kappa shape index (κ3) is 4.71. The Morgan fingerprint density at radius 1 is 1.09 bits per heavy atom. The molecule has 1 fully saturated rings. The molecule has 0 aliphatic carbocycles. The van der Waals surface area contributed by atoms with Crippen molar-refractivity contribution in [1.29, 1.82) is 0 Å². The highest BCUT2D eigenvalue weighted by Crippen LogP contribution is 2.40. The molecule has 2 aliphatic heterocycles. The highest BCUT2D eigenvalue weighted by Gasteiger charge is 2.36. The number of methoxy groups -OCH3 is 2. The first-order valence-electron chi connectivity index (χ1n) is 12.3. The van der Waals surface area contributed by atoms with Gasteiger partial charge in [-0.05, 0) is 42.7 Å². The normalized spacial score (nSPS) is 16.3. The van der Waals surface area contributed by atoms with E-state index in [4.69, 9.17) is 9.47 Å². The highest BCUT2D eigenvalue weighted by molar-refractivity contribution is 6.00. The Hall–Kier alpha value is -3.52. The van der Waals surface area contributed by atoms with Crippen molar-refractivity contribution in [2.24, 2.45) is 0 Å². The average molecular weight is 476 g/mol. The number of amides is 1. The van der Waals surface area contributed by atoms with Crippen LogP contribution in [0.15, 0.2) is 55.1 Å². The molecule has 1 atom stereocenters. The van der Waals surface area contributed by atoms with Gasteiger partial charge in [-0.3, -0.25) is 4.79 Å². The van der Waals surface area contributed by atoms with E-state index in [9.17, 15) is 4.79 Å². The van der Waals surface area contributed by atoms with E-state index >= 15 is 0 Å². The molecule has 8 nitrogen and oxygen atoms in total. The van der Waals surface area contributed by atoms with Crippen molar-refractivity contribution in [3.63, 3.8) is 0 Å². The van der Waals surface area contributed by atoms with Crippen molar-refractivity contribution >= 4 is 11.6 Å². The van der Waals surface area contributed by atoms with E-state index in [1.807, 2.05) is 41.7 Å². The summed E-state index contributed by atoms with van der Waals surface area (Å²) >= 11 is 0. The van der Waals surface area contributed by atoms with E-state index in [1.165, 1.54) is 5.69 Å². The first-order valence-corrected chi connectivity index (χ1v) is 12.3. The zero-order valence-corrected chi connectivity index (χ0v) is 20.4. The minimum absolute atomic E-state index is 0.0749. The van der Waals surface area contributed by atoms with Crippen LogP contribution in [0.25, 0.3) is 0 Å². The number of carbonyl (C=O) groups is 1. The topological polar surface area (TPSA) is 71.9 Å². The van der Waals surface area contributed by atoms with Crippen LogP contribution in [0.4, 0.5) is 5.69 Å². The number of nitrogens with zero attached hydrogens (tertiary/aromatic N) is 4. The number of aryl methyl sites for hydroxylation is 1. The maximum atomic E-state index is 13.7. The minimum atomic E-state index is -0.0749. The maximum absolute atomic E-state index is 13.7. The van der Waals surface area contributed by atoms with E-state index in [2.05, 4.69) is 31.9 Å². The second-order valence-corrected chi connectivity index (χ2v) is 9.05. The molecule has 5 rings (SSSR count).